The highest BCUT2D eigenvalue weighted by molar-refractivity contribution is 6.64. The lowest BCUT2D eigenvalue weighted by molar-refractivity contribution is -0.143. The van der Waals surface area contributed by atoms with Gasteiger partial charge >= 0.3 is 5.97 Å². The van der Waals surface area contributed by atoms with Crippen LogP contribution < -0.4 is 0 Å². The molecule has 0 aliphatic heterocycles. The Morgan fingerprint density at radius 3 is 2.40 bits per heavy atom. The molecule has 10 heavy (non-hydrogen) atoms. The largest absolute Gasteiger partial charge is 0.469 e. The smallest absolute Gasteiger partial charge is 0.309 e. The van der Waals surface area contributed by atoms with Crippen LogP contribution in [0.2, 0.25) is 0 Å². The summed E-state index contributed by atoms with van der Waals surface area (Å²) in [4.78, 5) is 21.1. The Labute approximate surface area is 63.3 Å². The molecule has 56 valence electrons. The number of carbonyl (C=O) groups is 2. The Bertz CT molecular complexity index is 178. The van der Waals surface area contributed by atoms with Gasteiger partial charge in [-0.2, -0.15) is 0 Å². The van der Waals surface area contributed by atoms with E-state index in [4.69, 9.17) is 11.6 Å². The van der Waals surface area contributed by atoms with Gasteiger partial charge in [-0.15, -0.1) is 0 Å². The normalized spacial score (nSPS) is 29.4. The van der Waals surface area contributed by atoms with Crippen LogP contribution in [0.15, 0.2) is 0 Å². The Balaban J connectivity index is 2.38. The van der Waals surface area contributed by atoms with E-state index in [1.54, 1.807) is 0 Å². The summed E-state index contributed by atoms with van der Waals surface area (Å²) >= 11 is 5.12. The lowest BCUT2D eigenvalue weighted by Crippen LogP contribution is -2.06. The molecule has 1 aliphatic rings. The third-order valence-electron chi connectivity index (χ3n) is 1.59. The lowest BCUT2D eigenvalue weighted by atomic mass is 10.3. The zero-order valence-electron chi connectivity index (χ0n) is 5.46. The van der Waals surface area contributed by atoms with Crippen molar-refractivity contribution in [2.75, 3.05) is 7.11 Å². The van der Waals surface area contributed by atoms with Crippen LogP contribution in [0.5, 0.6) is 0 Å². The van der Waals surface area contributed by atoms with E-state index in [-0.39, 0.29) is 17.8 Å². The number of esters is 1. The van der Waals surface area contributed by atoms with Gasteiger partial charge in [0.05, 0.1) is 13.0 Å². The number of ether oxygens (including phenoxy) is 1. The Kier molecular flexibility index (Phi) is 1.94. The minimum atomic E-state index is -0.435. The van der Waals surface area contributed by atoms with Crippen LogP contribution in [0.25, 0.3) is 0 Å². The highest BCUT2D eigenvalue weighted by Gasteiger charge is 2.48. The van der Waals surface area contributed by atoms with E-state index >= 15 is 0 Å². The average Bonchev–Trinajstić information content (AvgIpc) is 2.64. The minimum Gasteiger partial charge on any atom is -0.469 e. The van der Waals surface area contributed by atoms with Crippen LogP contribution in [-0.2, 0) is 14.3 Å². The maximum atomic E-state index is 10.7. The van der Waals surface area contributed by atoms with Gasteiger partial charge in [-0.3, -0.25) is 9.59 Å². The molecule has 3 nitrogen and oxygen atoms in total. The first-order valence-corrected chi connectivity index (χ1v) is 3.31. The Hall–Kier alpha value is -0.570. The summed E-state index contributed by atoms with van der Waals surface area (Å²) in [5.41, 5.74) is 0. The van der Waals surface area contributed by atoms with Gasteiger partial charge in [0.25, 0.3) is 0 Å². The van der Waals surface area contributed by atoms with Crippen molar-refractivity contribution in [3.05, 3.63) is 0 Å². The van der Waals surface area contributed by atoms with Gasteiger partial charge in [-0.05, 0) is 18.0 Å². The monoisotopic (exact) mass is 162 g/mol. The molecule has 0 N–H and O–H groups in total. The van der Waals surface area contributed by atoms with Crippen LogP contribution in [0.1, 0.15) is 6.42 Å². The third kappa shape index (κ3) is 1.29. The molecule has 1 fully saturated rings. The molecule has 0 spiro atoms. The molecule has 0 saturated heterocycles. The second kappa shape index (κ2) is 2.58. The summed E-state index contributed by atoms with van der Waals surface area (Å²) in [6, 6.07) is 0. The first kappa shape index (κ1) is 7.54. The summed E-state index contributed by atoms with van der Waals surface area (Å²) < 4.78 is 4.40. The highest BCUT2D eigenvalue weighted by Crippen LogP contribution is 2.40. The van der Waals surface area contributed by atoms with E-state index in [0.717, 1.165) is 0 Å². The fourth-order valence-corrected chi connectivity index (χ4v) is 1.10. The summed E-state index contributed by atoms with van der Waals surface area (Å²) in [5, 5.41) is -0.435. The maximum Gasteiger partial charge on any atom is 0.309 e. The number of halogens is 1. The zero-order valence-corrected chi connectivity index (χ0v) is 6.22. The quantitative estimate of drug-likeness (QED) is 0.440. The summed E-state index contributed by atoms with van der Waals surface area (Å²) in [7, 11) is 1.30. The minimum absolute atomic E-state index is 0.269. The Morgan fingerprint density at radius 2 is 2.10 bits per heavy atom. The van der Waals surface area contributed by atoms with Crippen molar-refractivity contribution in [3.8, 4) is 0 Å². The number of hydrogen-bond acceptors (Lipinski definition) is 3. The van der Waals surface area contributed by atoms with Gasteiger partial charge < -0.3 is 4.74 Å². The number of hydrogen-bond donors (Lipinski definition) is 0. The van der Waals surface area contributed by atoms with Gasteiger partial charge in [0.2, 0.25) is 5.24 Å². The van der Waals surface area contributed by atoms with E-state index < -0.39 is 5.24 Å². The maximum absolute atomic E-state index is 10.7. The first-order chi connectivity index (χ1) is 4.66. The predicted molar refractivity (Wildman–Crippen MR) is 34.5 cm³/mol. The van der Waals surface area contributed by atoms with E-state index in [1.807, 2.05) is 0 Å². The standard InChI is InChI=1S/C6H7ClO3/c1-10-6(9)4-2-3(4)5(7)8/h3-4H,2H2,1H3/t3-,4?/m0/s1. The fraction of sp³-hybridized carbons (Fsp3) is 0.667. The molecule has 1 aliphatic carbocycles. The van der Waals surface area contributed by atoms with Crippen LogP contribution in [0.4, 0.5) is 0 Å². The van der Waals surface area contributed by atoms with Gasteiger partial charge in [0.1, 0.15) is 0 Å². The van der Waals surface area contributed by atoms with Crippen molar-refractivity contribution in [2.45, 2.75) is 6.42 Å². The van der Waals surface area contributed by atoms with Gasteiger partial charge in [0, 0.05) is 5.92 Å². The molecule has 0 aromatic rings. The van der Waals surface area contributed by atoms with Crippen molar-refractivity contribution in [3.63, 3.8) is 0 Å². The van der Waals surface area contributed by atoms with E-state index in [2.05, 4.69) is 4.74 Å². The molecule has 0 aromatic heterocycles. The molecule has 1 rings (SSSR count). The third-order valence-corrected chi connectivity index (χ3v) is 1.87. The predicted octanol–water partition coefficient (Wildman–Crippen LogP) is 0.561. The first-order valence-electron chi connectivity index (χ1n) is 2.94. The molecular formula is C6H7ClO3. The SMILES string of the molecule is COC(=O)C1C[C@@H]1C(=O)Cl. The van der Waals surface area contributed by atoms with Gasteiger partial charge in [-0.25, -0.2) is 0 Å². The van der Waals surface area contributed by atoms with Crippen LogP contribution in [-0.4, -0.2) is 18.3 Å². The van der Waals surface area contributed by atoms with Crippen molar-refractivity contribution >= 4 is 22.8 Å². The van der Waals surface area contributed by atoms with E-state index in [0.29, 0.717) is 6.42 Å². The molecular weight excluding hydrogens is 156 g/mol. The van der Waals surface area contributed by atoms with E-state index in [1.165, 1.54) is 7.11 Å². The molecule has 2 atom stereocenters. The Morgan fingerprint density at radius 1 is 1.50 bits per heavy atom. The van der Waals surface area contributed by atoms with Crippen molar-refractivity contribution in [1.82, 2.24) is 0 Å². The molecule has 0 heterocycles. The number of carbonyl (C=O) groups excluding carboxylic acids is 2. The molecule has 1 saturated carbocycles. The molecule has 0 radical (unpaired) electrons. The number of rotatable bonds is 2. The second-order valence-electron chi connectivity index (χ2n) is 2.28. The summed E-state index contributed by atoms with van der Waals surface area (Å²) in [6.07, 6.45) is 0.551. The average molecular weight is 163 g/mol. The number of methoxy groups -OCH3 is 1. The summed E-state index contributed by atoms with van der Waals surface area (Å²) in [5.74, 6) is -0.886. The van der Waals surface area contributed by atoms with Crippen molar-refractivity contribution in [1.29, 1.82) is 0 Å². The molecule has 0 aromatic carbocycles. The summed E-state index contributed by atoms with van der Waals surface area (Å²) in [6.45, 7) is 0. The molecule has 1 unspecified atom stereocenters. The molecule has 0 amide bonds. The molecule has 0 bridgehead atoms. The van der Waals surface area contributed by atoms with Crippen molar-refractivity contribution < 1.29 is 14.3 Å². The second-order valence-corrected chi connectivity index (χ2v) is 2.65. The molecule has 4 heteroatoms. The fourth-order valence-electron chi connectivity index (χ4n) is 0.858. The van der Waals surface area contributed by atoms with Gasteiger partial charge in [0.15, 0.2) is 0 Å². The van der Waals surface area contributed by atoms with E-state index in [9.17, 15) is 9.59 Å². The van der Waals surface area contributed by atoms with Crippen LogP contribution in [0.3, 0.4) is 0 Å². The van der Waals surface area contributed by atoms with Crippen LogP contribution >= 0.6 is 11.6 Å². The van der Waals surface area contributed by atoms with Crippen molar-refractivity contribution in [2.24, 2.45) is 11.8 Å². The lowest BCUT2D eigenvalue weighted by Gasteiger charge is -1.92. The highest BCUT2D eigenvalue weighted by atomic mass is 35.5. The van der Waals surface area contributed by atoms with Crippen LogP contribution in [0, 0.1) is 11.8 Å². The zero-order chi connectivity index (χ0) is 7.72. The topological polar surface area (TPSA) is 43.4 Å². The van der Waals surface area contributed by atoms with Gasteiger partial charge in [-0.1, -0.05) is 0 Å².